The van der Waals surface area contributed by atoms with Crippen molar-refractivity contribution in [2.45, 2.75) is 6.54 Å². The number of nitrogens with zero attached hydrogens (tertiary/aromatic N) is 4. The van der Waals surface area contributed by atoms with Gasteiger partial charge in [0.05, 0.1) is 11.6 Å². The SMILES string of the molecule is Cn1cc(Cl)c(C(=O)Nc2nn(Cc3ccccc3)cc2Cl)n1. The van der Waals surface area contributed by atoms with Gasteiger partial charge in [-0.2, -0.15) is 10.2 Å². The van der Waals surface area contributed by atoms with Gasteiger partial charge in [-0.1, -0.05) is 53.5 Å². The summed E-state index contributed by atoms with van der Waals surface area (Å²) in [5, 5.41) is 11.5. The van der Waals surface area contributed by atoms with E-state index in [9.17, 15) is 4.79 Å². The minimum absolute atomic E-state index is 0.128. The third-order valence-electron chi connectivity index (χ3n) is 3.14. The standard InChI is InChI=1S/C15H13Cl2N5O/c1-21-8-11(16)13(19-21)15(23)18-14-12(17)9-22(20-14)7-10-5-3-2-4-6-10/h2-6,8-9H,7H2,1H3,(H,18,20,23). The minimum Gasteiger partial charge on any atom is -0.302 e. The fourth-order valence-electron chi connectivity index (χ4n) is 2.11. The van der Waals surface area contributed by atoms with Gasteiger partial charge in [-0.15, -0.1) is 0 Å². The summed E-state index contributed by atoms with van der Waals surface area (Å²) in [5.74, 6) is -0.184. The number of benzene rings is 1. The molecule has 1 aromatic carbocycles. The molecule has 2 heterocycles. The quantitative estimate of drug-likeness (QED) is 0.786. The van der Waals surface area contributed by atoms with E-state index >= 15 is 0 Å². The highest BCUT2D eigenvalue weighted by Crippen LogP contribution is 2.22. The van der Waals surface area contributed by atoms with Gasteiger partial charge >= 0.3 is 0 Å². The number of aromatic nitrogens is 4. The molecule has 3 rings (SSSR count). The van der Waals surface area contributed by atoms with E-state index in [0.29, 0.717) is 11.6 Å². The first kappa shape index (κ1) is 15.6. The van der Waals surface area contributed by atoms with Crippen LogP contribution in [0.4, 0.5) is 5.82 Å². The first-order valence-corrected chi connectivity index (χ1v) is 7.56. The first-order chi connectivity index (χ1) is 11.0. The third-order valence-corrected chi connectivity index (χ3v) is 3.69. The van der Waals surface area contributed by atoms with Crippen molar-refractivity contribution >= 4 is 34.9 Å². The lowest BCUT2D eigenvalue weighted by molar-refractivity contribution is 0.102. The van der Waals surface area contributed by atoms with Gasteiger partial charge in [0.25, 0.3) is 5.91 Å². The van der Waals surface area contributed by atoms with Crippen molar-refractivity contribution in [1.29, 1.82) is 0 Å². The van der Waals surface area contributed by atoms with E-state index in [4.69, 9.17) is 23.2 Å². The van der Waals surface area contributed by atoms with E-state index in [1.807, 2.05) is 30.3 Å². The maximum absolute atomic E-state index is 12.2. The molecule has 0 saturated carbocycles. The summed E-state index contributed by atoms with van der Waals surface area (Å²) < 4.78 is 3.13. The van der Waals surface area contributed by atoms with E-state index in [2.05, 4.69) is 15.5 Å². The van der Waals surface area contributed by atoms with Crippen LogP contribution in [0, 0.1) is 0 Å². The molecule has 0 saturated heterocycles. The second-order valence-corrected chi connectivity index (χ2v) is 5.78. The first-order valence-electron chi connectivity index (χ1n) is 6.80. The molecule has 118 valence electrons. The van der Waals surface area contributed by atoms with E-state index in [-0.39, 0.29) is 16.5 Å². The maximum Gasteiger partial charge on any atom is 0.278 e. The number of hydrogen-bond donors (Lipinski definition) is 1. The molecule has 0 bridgehead atoms. The summed E-state index contributed by atoms with van der Waals surface area (Å²) in [6, 6.07) is 9.82. The normalized spacial score (nSPS) is 10.7. The molecular weight excluding hydrogens is 337 g/mol. The number of carbonyl (C=O) groups is 1. The number of nitrogens with one attached hydrogen (secondary N) is 1. The Labute approximate surface area is 142 Å². The largest absolute Gasteiger partial charge is 0.302 e. The predicted molar refractivity (Wildman–Crippen MR) is 89.0 cm³/mol. The van der Waals surface area contributed by atoms with Gasteiger partial charge in [0, 0.05) is 19.4 Å². The van der Waals surface area contributed by atoms with Crippen LogP contribution in [-0.4, -0.2) is 25.5 Å². The van der Waals surface area contributed by atoms with Crippen LogP contribution >= 0.6 is 23.2 Å². The van der Waals surface area contributed by atoms with Crippen LogP contribution in [0.15, 0.2) is 42.7 Å². The van der Waals surface area contributed by atoms with Gasteiger partial charge in [0.15, 0.2) is 11.5 Å². The fraction of sp³-hybridized carbons (Fsp3) is 0.133. The molecule has 0 aliphatic carbocycles. The Morgan fingerprint density at radius 3 is 2.52 bits per heavy atom. The third kappa shape index (κ3) is 3.55. The van der Waals surface area contributed by atoms with Crippen molar-refractivity contribution in [3.63, 3.8) is 0 Å². The lowest BCUT2D eigenvalue weighted by Crippen LogP contribution is -2.14. The Morgan fingerprint density at radius 1 is 1.13 bits per heavy atom. The molecule has 2 aromatic heterocycles. The second kappa shape index (κ2) is 6.44. The van der Waals surface area contributed by atoms with Crippen molar-refractivity contribution in [2.75, 3.05) is 5.32 Å². The fourth-order valence-corrected chi connectivity index (χ4v) is 2.58. The number of amides is 1. The Kier molecular flexibility index (Phi) is 4.36. The van der Waals surface area contributed by atoms with E-state index in [0.717, 1.165) is 5.56 Å². The number of hydrogen-bond acceptors (Lipinski definition) is 3. The monoisotopic (exact) mass is 349 g/mol. The molecule has 0 aliphatic rings. The molecule has 0 fully saturated rings. The summed E-state index contributed by atoms with van der Waals surface area (Å²) in [5.41, 5.74) is 1.21. The highest BCUT2D eigenvalue weighted by molar-refractivity contribution is 6.35. The summed E-state index contributed by atoms with van der Waals surface area (Å²) in [6.07, 6.45) is 3.20. The number of anilines is 1. The summed E-state index contributed by atoms with van der Waals surface area (Å²) in [7, 11) is 1.68. The molecule has 23 heavy (non-hydrogen) atoms. The van der Waals surface area contributed by atoms with E-state index in [1.165, 1.54) is 4.68 Å². The molecule has 0 aliphatic heterocycles. The van der Waals surface area contributed by atoms with Crippen LogP contribution in [-0.2, 0) is 13.6 Å². The van der Waals surface area contributed by atoms with Gasteiger partial charge in [0.1, 0.15) is 5.02 Å². The van der Waals surface area contributed by atoms with Gasteiger partial charge in [-0.25, -0.2) is 0 Å². The smallest absolute Gasteiger partial charge is 0.278 e. The van der Waals surface area contributed by atoms with Crippen molar-refractivity contribution in [3.8, 4) is 0 Å². The zero-order chi connectivity index (χ0) is 16.4. The van der Waals surface area contributed by atoms with Crippen molar-refractivity contribution in [2.24, 2.45) is 7.05 Å². The van der Waals surface area contributed by atoms with Crippen LogP contribution < -0.4 is 5.32 Å². The summed E-state index contributed by atoms with van der Waals surface area (Å²) in [6.45, 7) is 0.556. The van der Waals surface area contributed by atoms with Crippen LogP contribution in [0.1, 0.15) is 16.1 Å². The molecule has 0 unspecified atom stereocenters. The molecule has 6 nitrogen and oxygen atoms in total. The lowest BCUT2D eigenvalue weighted by Gasteiger charge is -2.02. The molecule has 1 N–H and O–H groups in total. The van der Waals surface area contributed by atoms with Crippen LogP contribution in [0.25, 0.3) is 0 Å². The Bertz CT molecular complexity index is 841. The van der Waals surface area contributed by atoms with Crippen molar-refractivity contribution < 1.29 is 4.79 Å². The highest BCUT2D eigenvalue weighted by atomic mass is 35.5. The van der Waals surface area contributed by atoms with Gasteiger partial charge < -0.3 is 5.32 Å². The van der Waals surface area contributed by atoms with E-state index in [1.54, 1.807) is 24.1 Å². The Morgan fingerprint density at radius 2 is 1.87 bits per heavy atom. The van der Waals surface area contributed by atoms with E-state index < -0.39 is 5.91 Å². The number of aryl methyl sites for hydroxylation is 1. The number of carbonyl (C=O) groups excluding carboxylic acids is 1. The molecule has 3 aromatic rings. The summed E-state index contributed by atoms with van der Waals surface area (Å²) >= 11 is 12.1. The minimum atomic E-state index is -0.456. The van der Waals surface area contributed by atoms with Crippen molar-refractivity contribution in [1.82, 2.24) is 19.6 Å². The Balaban J connectivity index is 1.76. The molecule has 0 spiro atoms. The van der Waals surface area contributed by atoms with Gasteiger partial charge in [-0.3, -0.25) is 14.2 Å². The molecular formula is C15H13Cl2N5O. The van der Waals surface area contributed by atoms with Crippen LogP contribution in [0.2, 0.25) is 10.0 Å². The zero-order valence-corrected chi connectivity index (χ0v) is 13.7. The lowest BCUT2D eigenvalue weighted by atomic mass is 10.2. The summed E-state index contributed by atoms with van der Waals surface area (Å²) in [4.78, 5) is 12.2. The number of halogens is 2. The topological polar surface area (TPSA) is 64.7 Å². The van der Waals surface area contributed by atoms with Crippen LogP contribution in [0.3, 0.4) is 0 Å². The average molecular weight is 350 g/mol. The predicted octanol–water partition coefficient (Wildman–Crippen LogP) is 3.22. The maximum atomic E-state index is 12.2. The highest BCUT2D eigenvalue weighted by Gasteiger charge is 2.18. The molecule has 0 radical (unpaired) electrons. The molecule has 0 atom stereocenters. The van der Waals surface area contributed by atoms with Crippen LogP contribution in [0.5, 0.6) is 0 Å². The second-order valence-electron chi connectivity index (χ2n) is 4.96. The number of rotatable bonds is 4. The Hall–Kier alpha value is -2.31. The zero-order valence-electron chi connectivity index (χ0n) is 12.2. The molecule has 1 amide bonds. The van der Waals surface area contributed by atoms with Gasteiger partial charge in [-0.05, 0) is 5.56 Å². The van der Waals surface area contributed by atoms with Crippen molar-refractivity contribution in [3.05, 3.63) is 64.0 Å². The molecule has 8 heteroatoms. The van der Waals surface area contributed by atoms with Gasteiger partial charge in [0.2, 0.25) is 0 Å². The average Bonchev–Trinajstić information content (AvgIpc) is 3.02.